The van der Waals surface area contributed by atoms with Crippen LogP contribution in [0.15, 0.2) is 0 Å². The Morgan fingerprint density at radius 2 is 1.41 bits per heavy atom. The molecule has 8 heteroatoms. The molecule has 0 rings (SSSR count). The summed E-state index contributed by atoms with van der Waals surface area (Å²) in [6, 6.07) is 0.366. The van der Waals surface area contributed by atoms with Gasteiger partial charge >= 0.3 is 15.6 Å². The van der Waals surface area contributed by atoms with E-state index in [2.05, 4.69) is 0 Å². The van der Waals surface area contributed by atoms with Gasteiger partial charge in [0.15, 0.2) is 0 Å². The largest absolute Gasteiger partial charge is 0.522 e. The van der Waals surface area contributed by atoms with E-state index in [1.165, 1.54) is 0 Å². The molecule has 134 valence electrons. The monoisotopic (exact) mass is 362 g/mol. The Balaban J connectivity index is 6.23. The number of halogens is 3. The van der Waals surface area contributed by atoms with Crippen LogP contribution in [0.25, 0.3) is 0 Å². The van der Waals surface area contributed by atoms with Crippen LogP contribution in [0.5, 0.6) is 0 Å². The first-order valence-corrected chi connectivity index (χ1v) is 11.1. The second-order valence-electron chi connectivity index (χ2n) is 7.50. The van der Waals surface area contributed by atoms with E-state index in [1.807, 2.05) is 41.5 Å². The summed E-state index contributed by atoms with van der Waals surface area (Å²) in [6.07, 6.45) is 0. The van der Waals surface area contributed by atoms with E-state index in [4.69, 9.17) is 3.87 Å². The summed E-state index contributed by atoms with van der Waals surface area (Å²) in [5.41, 5.74) is -5.64. The molecule has 0 aromatic rings. The highest BCUT2D eigenvalue weighted by Gasteiger charge is 2.60. The van der Waals surface area contributed by atoms with Gasteiger partial charge in [-0.1, -0.05) is 55.4 Å². The molecule has 0 N–H and O–H groups in total. The zero-order chi connectivity index (χ0) is 18.1. The molecule has 3 nitrogen and oxygen atoms in total. The first-order valence-electron chi connectivity index (χ1n) is 7.53. The minimum absolute atomic E-state index is 0.00347. The zero-order valence-electron chi connectivity index (χ0n) is 14.7. The van der Waals surface area contributed by atoms with Gasteiger partial charge in [0.25, 0.3) is 0 Å². The lowest BCUT2D eigenvalue weighted by Crippen LogP contribution is -2.56. The third-order valence-corrected chi connectivity index (χ3v) is 13.4. The number of rotatable bonds is 7. The molecule has 0 amide bonds. The Kier molecular flexibility index (Phi) is 6.78. The number of hydrogen-bond donors (Lipinski definition) is 0. The fraction of sp³-hybridized carbons (Fsp3) is 1.00. The fourth-order valence-electron chi connectivity index (χ4n) is 2.82. The Morgan fingerprint density at radius 1 is 1.00 bits per heavy atom. The van der Waals surface area contributed by atoms with Crippen LogP contribution in [0.2, 0.25) is 16.6 Å². The highest BCUT2D eigenvalue weighted by molar-refractivity contribution is 7.88. The van der Waals surface area contributed by atoms with Gasteiger partial charge in [0.05, 0.1) is 0 Å². The maximum absolute atomic E-state index is 12.9. The van der Waals surface area contributed by atoms with Crippen molar-refractivity contribution in [3.8, 4) is 0 Å². The van der Waals surface area contributed by atoms with E-state index < -0.39 is 29.0 Å². The highest BCUT2D eigenvalue weighted by Crippen LogP contribution is 2.54. The Bertz CT molecular complexity index is 470. The molecule has 0 aromatic carbocycles. The van der Waals surface area contributed by atoms with Crippen molar-refractivity contribution in [3.63, 3.8) is 0 Å². The van der Waals surface area contributed by atoms with E-state index in [1.54, 1.807) is 13.8 Å². The maximum atomic E-state index is 12.9. The Labute approximate surface area is 133 Å². The molecule has 0 aliphatic carbocycles. The second-order valence-corrected chi connectivity index (χ2v) is 14.2. The lowest BCUT2D eigenvalue weighted by Gasteiger charge is -2.49. The first-order chi connectivity index (χ1) is 9.51. The molecule has 0 fully saturated rings. The molecule has 0 heterocycles. The van der Waals surface area contributed by atoms with Gasteiger partial charge in [0, 0.05) is 0 Å². The van der Waals surface area contributed by atoms with E-state index in [9.17, 15) is 21.6 Å². The van der Waals surface area contributed by atoms with Crippen molar-refractivity contribution in [3.05, 3.63) is 0 Å². The predicted octanol–water partition coefficient (Wildman–Crippen LogP) is 5.30. The minimum atomic E-state index is -5.60. The average Bonchev–Trinajstić information content (AvgIpc) is 2.24. The van der Waals surface area contributed by atoms with E-state index in [0.29, 0.717) is 6.04 Å². The number of hydrogen-bond acceptors (Lipinski definition) is 3. The van der Waals surface area contributed by atoms with Gasteiger partial charge in [-0.25, -0.2) is 0 Å². The lowest BCUT2D eigenvalue weighted by molar-refractivity contribution is -0.0507. The summed E-state index contributed by atoms with van der Waals surface area (Å²) in [4.78, 5) is 0. The maximum Gasteiger partial charge on any atom is 0.522 e. The van der Waals surface area contributed by atoms with Crippen molar-refractivity contribution < 1.29 is 25.5 Å². The summed E-state index contributed by atoms with van der Waals surface area (Å²) in [5, 5.41) is -0.621. The predicted molar refractivity (Wildman–Crippen MR) is 85.4 cm³/mol. The van der Waals surface area contributed by atoms with Crippen LogP contribution >= 0.6 is 0 Å². The van der Waals surface area contributed by atoms with E-state index in [-0.39, 0.29) is 17.4 Å². The van der Waals surface area contributed by atoms with Crippen LogP contribution in [0.1, 0.15) is 55.4 Å². The molecule has 0 bridgehead atoms. The highest BCUT2D eigenvalue weighted by atomic mass is 32.2. The summed E-state index contributed by atoms with van der Waals surface area (Å²) < 4.78 is 67.1. The molecule has 0 saturated heterocycles. The third kappa shape index (κ3) is 4.26. The third-order valence-electron chi connectivity index (χ3n) is 4.72. The molecule has 0 aliphatic rings. The molecular formula is C14H29F3O3SSi. The Hall–Kier alpha value is -0.0831. The molecule has 0 aliphatic heterocycles. The van der Waals surface area contributed by atoms with Gasteiger partial charge in [-0.2, -0.15) is 21.6 Å². The lowest BCUT2D eigenvalue weighted by atomic mass is 9.99. The molecule has 1 unspecified atom stereocenters. The second kappa shape index (κ2) is 6.81. The van der Waals surface area contributed by atoms with Crippen LogP contribution in [-0.4, -0.2) is 22.2 Å². The first kappa shape index (κ1) is 21.9. The van der Waals surface area contributed by atoms with Crippen LogP contribution in [-0.2, 0) is 14.0 Å². The topological polar surface area (TPSA) is 43.4 Å². The minimum Gasteiger partial charge on any atom is -0.307 e. The summed E-state index contributed by atoms with van der Waals surface area (Å²) in [7, 11) is -8.88. The van der Waals surface area contributed by atoms with Gasteiger partial charge in [-0.3, -0.25) is 0 Å². The van der Waals surface area contributed by atoms with Crippen LogP contribution in [0.4, 0.5) is 13.2 Å². The fourth-order valence-corrected chi connectivity index (χ4v) is 11.3. The molecule has 22 heavy (non-hydrogen) atoms. The van der Waals surface area contributed by atoms with Gasteiger partial charge < -0.3 is 3.87 Å². The molecular weight excluding hydrogens is 333 g/mol. The van der Waals surface area contributed by atoms with Crippen molar-refractivity contribution in [1.82, 2.24) is 0 Å². The zero-order valence-corrected chi connectivity index (χ0v) is 16.5. The van der Waals surface area contributed by atoms with Gasteiger partial charge in [0.2, 0.25) is 8.32 Å². The van der Waals surface area contributed by atoms with Crippen molar-refractivity contribution in [2.75, 3.05) is 0 Å². The van der Waals surface area contributed by atoms with E-state index >= 15 is 0 Å². The van der Waals surface area contributed by atoms with Crippen molar-refractivity contribution in [2.45, 2.75) is 77.5 Å². The molecule has 1 atom stereocenters. The average molecular weight is 363 g/mol. The SMILES string of the molecule is CC(C)C[Si](OS(=O)(=O)C(F)(F)F)(C(C)C)C(C)(C)C(C)C. The molecule has 0 radical (unpaired) electrons. The van der Waals surface area contributed by atoms with Gasteiger partial charge in [-0.05, 0) is 28.5 Å². The molecule has 0 aromatic heterocycles. The Morgan fingerprint density at radius 3 is 1.64 bits per heavy atom. The van der Waals surface area contributed by atoms with Crippen LogP contribution in [0.3, 0.4) is 0 Å². The molecule has 0 saturated carbocycles. The normalized spacial score (nSPS) is 17.4. The summed E-state index contributed by atoms with van der Waals surface area (Å²) in [6.45, 7) is 14.8. The standard InChI is InChI=1S/C14H29F3O3SSi/c1-10(2)9-22(12(5)6,13(7,8)11(3)4)20-21(18,19)14(15,16)17/h10-12H,9H2,1-8H3. The summed E-state index contributed by atoms with van der Waals surface area (Å²) in [5.74, 6) is 0.0549. The van der Waals surface area contributed by atoms with Crippen LogP contribution < -0.4 is 0 Å². The van der Waals surface area contributed by atoms with Crippen LogP contribution in [0, 0.1) is 11.8 Å². The van der Waals surface area contributed by atoms with Gasteiger partial charge in [-0.15, -0.1) is 0 Å². The van der Waals surface area contributed by atoms with Crippen molar-refractivity contribution in [1.29, 1.82) is 0 Å². The smallest absolute Gasteiger partial charge is 0.307 e. The summed E-state index contributed by atoms with van der Waals surface area (Å²) >= 11 is 0. The number of alkyl halides is 3. The van der Waals surface area contributed by atoms with Gasteiger partial charge in [0.1, 0.15) is 0 Å². The molecule has 0 spiro atoms. The van der Waals surface area contributed by atoms with Crippen molar-refractivity contribution in [2.24, 2.45) is 11.8 Å². The van der Waals surface area contributed by atoms with Crippen molar-refractivity contribution >= 4 is 18.4 Å². The quantitative estimate of drug-likeness (QED) is 0.456. The van der Waals surface area contributed by atoms with E-state index in [0.717, 1.165) is 0 Å².